The number of hydrogen-bond acceptors (Lipinski definition) is 5. The van der Waals surface area contributed by atoms with Gasteiger partial charge in [0.2, 0.25) is 10.0 Å². The number of methoxy groups -OCH3 is 1. The second-order valence-electron chi connectivity index (χ2n) is 7.91. The minimum Gasteiger partial charge on any atom is -0.464 e. The van der Waals surface area contributed by atoms with Crippen LogP contribution in [0.3, 0.4) is 0 Å². The van der Waals surface area contributed by atoms with Gasteiger partial charge in [-0.3, -0.25) is 4.79 Å². The maximum Gasteiger partial charge on any atom is 0.354 e. The smallest absolute Gasteiger partial charge is 0.354 e. The number of ether oxygens (including phenoxy) is 1. The van der Waals surface area contributed by atoms with Crippen molar-refractivity contribution in [2.45, 2.75) is 45.6 Å². The number of benzene rings is 2. The molecule has 33 heavy (non-hydrogen) atoms. The van der Waals surface area contributed by atoms with Crippen molar-refractivity contribution in [3.05, 3.63) is 65.0 Å². The van der Waals surface area contributed by atoms with Crippen molar-refractivity contribution in [3.63, 3.8) is 0 Å². The van der Waals surface area contributed by atoms with Crippen LogP contribution in [0.4, 0.5) is 0 Å². The quantitative estimate of drug-likeness (QED) is 0.343. The van der Waals surface area contributed by atoms with Crippen molar-refractivity contribution in [1.82, 2.24) is 8.87 Å². The Labute approximate surface area is 195 Å². The number of carbonyl (C=O) groups excluding carboxylic acids is 2. The zero-order chi connectivity index (χ0) is 24.3. The fourth-order valence-corrected chi connectivity index (χ4v) is 6.10. The minimum atomic E-state index is -3.93. The maximum absolute atomic E-state index is 13.7. The number of Topliss-reactive ketones (excluding diaryl/α,β-unsaturated/α-hetero) is 1. The van der Waals surface area contributed by atoms with E-state index < -0.39 is 16.0 Å². The van der Waals surface area contributed by atoms with Gasteiger partial charge in [0.1, 0.15) is 5.69 Å². The molecule has 0 unspecified atom stereocenters. The largest absolute Gasteiger partial charge is 0.464 e. The fourth-order valence-electron chi connectivity index (χ4n) is 4.39. The number of carbonyl (C=O) groups is 2. The van der Waals surface area contributed by atoms with E-state index in [0.717, 1.165) is 5.39 Å². The van der Waals surface area contributed by atoms with Crippen molar-refractivity contribution in [1.29, 1.82) is 0 Å². The Kier molecular flexibility index (Phi) is 7.39. The molecule has 176 valence electrons. The molecule has 0 radical (unpaired) electrons. The molecule has 3 rings (SSSR count). The zero-order valence-electron chi connectivity index (χ0n) is 19.7. The summed E-state index contributed by atoms with van der Waals surface area (Å²) < 4.78 is 35.2. The molecule has 7 nitrogen and oxygen atoms in total. The highest BCUT2D eigenvalue weighted by atomic mass is 32.2. The molecule has 0 aliphatic carbocycles. The number of nitrogens with zero attached hydrogens (tertiary/aromatic N) is 2. The SMILES string of the molecule is CCCN(CC(=O)c1c(C)c(C(=O)OC)n(CC)c1C)S(=O)(=O)c1cccc2ccccc12. The summed E-state index contributed by atoms with van der Waals surface area (Å²) in [6.45, 7) is 7.58. The molecule has 1 aromatic heterocycles. The van der Waals surface area contributed by atoms with Crippen LogP contribution in [-0.4, -0.2) is 49.2 Å². The number of sulfonamides is 1. The van der Waals surface area contributed by atoms with Crippen LogP contribution in [0.2, 0.25) is 0 Å². The lowest BCUT2D eigenvalue weighted by Crippen LogP contribution is -2.36. The van der Waals surface area contributed by atoms with Crippen LogP contribution in [0.15, 0.2) is 47.4 Å². The Morgan fingerprint density at radius 2 is 1.70 bits per heavy atom. The van der Waals surface area contributed by atoms with Crippen LogP contribution in [0, 0.1) is 13.8 Å². The topological polar surface area (TPSA) is 85.7 Å². The molecule has 1 heterocycles. The van der Waals surface area contributed by atoms with Gasteiger partial charge in [0, 0.05) is 29.7 Å². The second kappa shape index (κ2) is 9.89. The van der Waals surface area contributed by atoms with Crippen LogP contribution in [-0.2, 0) is 21.3 Å². The van der Waals surface area contributed by atoms with Gasteiger partial charge in [-0.05, 0) is 44.2 Å². The first kappa shape index (κ1) is 24.7. The van der Waals surface area contributed by atoms with Gasteiger partial charge in [0.05, 0.1) is 18.6 Å². The summed E-state index contributed by atoms with van der Waals surface area (Å²) in [5.41, 5.74) is 1.82. The van der Waals surface area contributed by atoms with Gasteiger partial charge in [0.15, 0.2) is 5.78 Å². The van der Waals surface area contributed by atoms with Crippen molar-refractivity contribution in [2.75, 3.05) is 20.2 Å². The Morgan fingerprint density at radius 1 is 1.03 bits per heavy atom. The monoisotopic (exact) mass is 470 g/mol. The van der Waals surface area contributed by atoms with E-state index in [1.165, 1.54) is 11.4 Å². The summed E-state index contributed by atoms with van der Waals surface area (Å²) in [6.07, 6.45) is 0.554. The highest BCUT2D eigenvalue weighted by molar-refractivity contribution is 7.89. The molecule has 0 aliphatic rings. The normalized spacial score (nSPS) is 11.8. The van der Waals surface area contributed by atoms with Crippen molar-refractivity contribution < 1.29 is 22.7 Å². The number of ketones is 1. The van der Waals surface area contributed by atoms with Crippen LogP contribution in [0.1, 0.15) is 52.4 Å². The molecule has 3 aromatic rings. The van der Waals surface area contributed by atoms with E-state index in [4.69, 9.17) is 4.74 Å². The summed E-state index contributed by atoms with van der Waals surface area (Å²) in [7, 11) is -2.64. The highest BCUT2D eigenvalue weighted by Crippen LogP contribution is 2.28. The molecule has 0 N–H and O–H groups in total. The predicted molar refractivity (Wildman–Crippen MR) is 128 cm³/mol. The van der Waals surface area contributed by atoms with Gasteiger partial charge in [-0.2, -0.15) is 4.31 Å². The van der Waals surface area contributed by atoms with E-state index in [1.54, 1.807) is 42.7 Å². The standard InChI is InChI=1S/C25H30N2O5S/c1-6-15-26(33(30,31)22-14-10-12-19-11-8-9-13-20(19)22)16-21(28)23-17(3)24(25(29)32-5)27(7-2)18(23)4/h8-14H,6-7,15-16H2,1-5H3. The molecular formula is C25H30N2O5S. The van der Waals surface area contributed by atoms with Crippen molar-refractivity contribution >= 4 is 32.5 Å². The van der Waals surface area contributed by atoms with Gasteiger partial charge in [-0.15, -0.1) is 0 Å². The third kappa shape index (κ3) is 4.45. The Bertz CT molecular complexity index is 1300. The first-order chi connectivity index (χ1) is 15.7. The fraction of sp³-hybridized carbons (Fsp3) is 0.360. The molecule has 0 saturated carbocycles. The second-order valence-corrected chi connectivity index (χ2v) is 9.82. The van der Waals surface area contributed by atoms with E-state index in [2.05, 4.69) is 0 Å². The lowest BCUT2D eigenvalue weighted by Gasteiger charge is -2.22. The lowest BCUT2D eigenvalue weighted by molar-refractivity contribution is 0.0587. The minimum absolute atomic E-state index is 0.177. The molecular weight excluding hydrogens is 440 g/mol. The van der Waals surface area contributed by atoms with Crippen LogP contribution >= 0.6 is 0 Å². The number of fused-ring (bicyclic) bond motifs is 1. The van der Waals surface area contributed by atoms with Gasteiger partial charge >= 0.3 is 5.97 Å². The predicted octanol–water partition coefficient (Wildman–Crippen LogP) is 4.35. The van der Waals surface area contributed by atoms with Gasteiger partial charge in [-0.1, -0.05) is 43.3 Å². The molecule has 0 spiro atoms. The van der Waals surface area contributed by atoms with E-state index in [1.807, 2.05) is 32.0 Å². The molecule has 0 fully saturated rings. The van der Waals surface area contributed by atoms with Gasteiger partial charge < -0.3 is 9.30 Å². The Morgan fingerprint density at radius 3 is 2.33 bits per heavy atom. The number of rotatable bonds is 9. The van der Waals surface area contributed by atoms with E-state index in [-0.39, 0.29) is 23.8 Å². The lowest BCUT2D eigenvalue weighted by atomic mass is 10.1. The number of esters is 1. The Hall–Kier alpha value is -2.97. The third-order valence-corrected chi connectivity index (χ3v) is 7.80. The summed E-state index contributed by atoms with van der Waals surface area (Å²) in [5.74, 6) is -0.870. The average molecular weight is 471 g/mol. The molecule has 0 bridgehead atoms. The van der Waals surface area contributed by atoms with Crippen molar-refractivity contribution in [3.8, 4) is 0 Å². The molecule has 0 aliphatic heterocycles. The first-order valence-corrected chi connectivity index (χ1v) is 12.4. The maximum atomic E-state index is 13.7. The highest BCUT2D eigenvalue weighted by Gasteiger charge is 2.31. The summed E-state index contributed by atoms with van der Waals surface area (Å²) >= 11 is 0. The van der Waals surface area contributed by atoms with Gasteiger partial charge in [-0.25, -0.2) is 13.2 Å². The van der Waals surface area contributed by atoms with E-state index in [9.17, 15) is 18.0 Å². The third-order valence-electron chi connectivity index (χ3n) is 5.90. The van der Waals surface area contributed by atoms with E-state index >= 15 is 0 Å². The number of hydrogen-bond donors (Lipinski definition) is 0. The molecule has 8 heteroatoms. The summed E-state index contributed by atoms with van der Waals surface area (Å²) in [4.78, 5) is 25.9. The van der Waals surface area contributed by atoms with Crippen LogP contribution in [0.5, 0.6) is 0 Å². The summed E-state index contributed by atoms with van der Waals surface area (Å²) in [6, 6.07) is 12.4. The molecule has 2 aromatic carbocycles. The van der Waals surface area contributed by atoms with Crippen molar-refractivity contribution in [2.24, 2.45) is 0 Å². The number of aromatic nitrogens is 1. The molecule has 0 saturated heterocycles. The zero-order valence-corrected chi connectivity index (χ0v) is 20.5. The summed E-state index contributed by atoms with van der Waals surface area (Å²) in [5, 5.41) is 1.43. The van der Waals surface area contributed by atoms with Crippen LogP contribution in [0.25, 0.3) is 10.8 Å². The average Bonchev–Trinajstić information content (AvgIpc) is 3.06. The molecule has 0 amide bonds. The molecule has 0 atom stereocenters. The Balaban J connectivity index is 2.05. The van der Waals surface area contributed by atoms with E-state index in [0.29, 0.717) is 40.9 Å². The van der Waals surface area contributed by atoms with Crippen LogP contribution < -0.4 is 0 Å². The van der Waals surface area contributed by atoms with Gasteiger partial charge in [0.25, 0.3) is 0 Å². The first-order valence-electron chi connectivity index (χ1n) is 11.0.